The number of anilines is 1. The Labute approximate surface area is 171 Å². The lowest BCUT2D eigenvalue weighted by Crippen LogP contribution is -2.45. The van der Waals surface area contributed by atoms with Gasteiger partial charge in [-0.3, -0.25) is 4.79 Å². The van der Waals surface area contributed by atoms with Crippen molar-refractivity contribution in [2.75, 3.05) is 18.4 Å². The van der Waals surface area contributed by atoms with E-state index in [2.05, 4.69) is 34.8 Å². The van der Waals surface area contributed by atoms with Gasteiger partial charge in [-0.05, 0) is 51.1 Å². The second-order valence-electron chi connectivity index (χ2n) is 7.59. The topological polar surface area (TPSA) is 95.0 Å². The molecule has 0 spiro atoms. The number of hydrogen-bond acceptors (Lipinski definition) is 4. The molecule has 2 aromatic rings. The van der Waals surface area contributed by atoms with Gasteiger partial charge < -0.3 is 25.8 Å². The van der Waals surface area contributed by atoms with Gasteiger partial charge in [0.25, 0.3) is 0 Å². The molecule has 0 saturated carbocycles. The van der Waals surface area contributed by atoms with Crippen LogP contribution in [0, 0.1) is 0 Å². The standard InChI is InChI=1S/C22H28N4O3/c1-4-23-21(24-14-20(28)25-15-9-11-16(27)12-10-15)26-18-13-22(2,3)29-19-8-6-5-7-17(18)19/h5-12,18,27H,4,13-14H2,1-3H3,(H,25,28)(H2,23,24,26). The number of carbonyl (C=O) groups is 1. The van der Waals surface area contributed by atoms with E-state index in [4.69, 9.17) is 4.74 Å². The van der Waals surface area contributed by atoms with E-state index in [1.54, 1.807) is 12.1 Å². The van der Waals surface area contributed by atoms with E-state index >= 15 is 0 Å². The molecule has 3 rings (SSSR count). The maximum absolute atomic E-state index is 12.2. The van der Waals surface area contributed by atoms with Crippen LogP contribution in [-0.2, 0) is 4.79 Å². The second-order valence-corrected chi connectivity index (χ2v) is 7.59. The molecule has 7 heteroatoms. The van der Waals surface area contributed by atoms with Gasteiger partial charge >= 0.3 is 0 Å². The molecule has 0 aliphatic carbocycles. The highest BCUT2D eigenvalue weighted by atomic mass is 16.5. The fraction of sp³-hybridized carbons (Fsp3) is 0.364. The van der Waals surface area contributed by atoms with Crippen molar-refractivity contribution in [1.82, 2.24) is 10.6 Å². The Morgan fingerprint density at radius 1 is 1.21 bits per heavy atom. The number of amides is 1. The lowest BCUT2D eigenvalue weighted by Gasteiger charge is -2.38. The molecule has 0 saturated heterocycles. The van der Waals surface area contributed by atoms with E-state index in [1.807, 2.05) is 31.2 Å². The number of benzene rings is 2. The molecule has 1 unspecified atom stereocenters. The summed E-state index contributed by atoms with van der Waals surface area (Å²) in [6.45, 7) is 6.76. The van der Waals surface area contributed by atoms with Crippen LogP contribution in [0.3, 0.4) is 0 Å². The molecule has 1 atom stereocenters. The largest absolute Gasteiger partial charge is 0.508 e. The molecule has 1 heterocycles. The van der Waals surface area contributed by atoms with Gasteiger partial charge in [0.15, 0.2) is 5.96 Å². The SMILES string of the molecule is CCNC(=NCC(=O)Nc1ccc(O)cc1)NC1CC(C)(C)Oc2ccccc21. The molecule has 1 aliphatic rings. The van der Waals surface area contributed by atoms with E-state index in [9.17, 15) is 9.90 Å². The molecule has 2 aromatic carbocycles. The Bertz CT molecular complexity index is 878. The van der Waals surface area contributed by atoms with Crippen LogP contribution in [0.25, 0.3) is 0 Å². The zero-order valence-electron chi connectivity index (χ0n) is 17.0. The fourth-order valence-electron chi connectivity index (χ4n) is 3.31. The van der Waals surface area contributed by atoms with Gasteiger partial charge in [0.2, 0.25) is 5.91 Å². The third-order valence-electron chi connectivity index (χ3n) is 4.56. The molecule has 1 aliphatic heterocycles. The number of nitrogens with zero attached hydrogens (tertiary/aromatic N) is 1. The van der Waals surface area contributed by atoms with Crippen LogP contribution in [0.5, 0.6) is 11.5 Å². The van der Waals surface area contributed by atoms with Gasteiger partial charge in [0.05, 0.1) is 6.04 Å². The highest BCUT2D eigenvalue weighted by Crippen LogP contribution is 2.39. The summed E-state index contributed by atoms with van der Waals surface area (Å²) in [5, 5.41) is 18.7. The number of aromatic hydroxyl groups is 1. The van der Waals surface area contributed by atoms with Crippen LogP contribution >= 0.6 is 0 Å². The number of phenols is 1. The number of para-hydroxylation sites is 1. The maximum Gasteiger partial charge on any atom is 0.246 e. The summed E-state index contributed by atoms with van der Waals surface area (Å²) in [5.74, 6) is 1.35. The first kappa shape index (κ1) is 20.5. The van der Waals surface area contributed by atoms with E-state index in [1.165, 1.54) is 12.1 Å². The van der Waals surface area contributed by atoms with E-state index in [-0.39, 0.29) is 29.8 Å². The average molecular weight is 396 g/mol. The minimum absolute atomic E-state index is 0.0212. The minimum Gasteiger partial charge on any atom is -0.508 e. The molecule has 29 heavy (non-hydrogen) atoms. The third kappa shape index (κ3) is 5.63. The van der Waals surface area contributed by atoms with Crippen molar-refractivity contribution < 1.29 is 14.6 Å². The highest BCUT2D eigenvalue weighted by Gasteiger charge is 2.33. The van der Waals surface area contributed by atoms with Gasteiger partial charge in [-0.1, -0.05) is 18.2 Å². The normalized spacial score (nSPS) is 17.6. The van der Waals surface area contributed by atoms with Gasteiger partial charge in [-0.25, -0.2) is 4.99 Å². The number of carbonyl (C=O) groups excluding carboxylic acids is 1. The Kier molecular flexibility index (Phi) is 6.26. The molecule has 7 nitrogen and oxygen atoms in total. The van der Waals surface area contributed by atoms with Crippen molar-refractivity contribution in [3.05, 3.63) is 54.1 Å². The minimum atomic E-state index is -0.306. The van der Waals surface area contributed by atoms with Gasteiger partial charge in [0, 0.05) is 24.2 Å². The summed E-state index contributed by atoms with van der Waals surface area (Å²) in [6.07, 6.45) is 0.772. The summed E-state index contributed by atoms with van der Waals surface area (Å²) in [5.41, 5.74) is 1.38. The van der Waals surface area contributed by atoms with Crippen molar-refractivity contribution in [3.8, 4) is 11.5 Å². The molecule has 4 N–H and O–H groups in total. The third-order valence-corrected chi connectivity index (χ3v) is 4.56. The Balaban J connectivity index is 1.69. The van der Waals surface area contributed by atoms with Crippen LogP contribution in [0.4, 0.5) is 5.69 Å². The zero-order valence-corrected chi connectivity index (χ0v) is 17.0. The molecular formula is C22H28N4O3. The van der Waals surface area contributed by atoms with Crippen molar-refractivity contribution in [2.24, 2.45) is 4.99 Å². The number of rotatable bonds is 5. The predicted molar refractivity (Wildman–Crippen MR) is 114 cm³/mol. The Hall–Kier alpha value is -3.22. The first-order valence-corrected chi connectivity index (χ1v) is 9.78. The van der Waals surface area contributed by atoms with Crippen molar-refractivity contribution >= 4 is 17.6 Å². The maximum atomic E-state index is 12.2. The number of hydrogen-bond donors (Lipinski definition) is 4. The van der Waals surface area contributed by atoms with Gasteiger partial charge in [-0.2, -0.15) is 0 Å². The number of fused-ring (bicyclic) bond motifs is 1. The van der Waals surface area contributed by atoms with Crippen LogP contribution in [0.2, 0.25) is 0 Å². The Morgan fingerprint density at radius 2 is 1.93 bits per heavy atom. The summed E-state index contributed by atoms with van der Waals surface area (Å²) < 4.78 is 6.08. The second kappa shape index (κ2) is 8.86. The molecule has 0 bridgehead atoms. The van der Waals surface area contributed by atoms with Crippen LogP contribution in [0.15, 0.2) is 53.5 Å². The van der Waals surface area contributed by atoms with Crippen LogP contribution in [-0.4, -0.2) is 35.7 Å². The molecular weight excluding hydrogens is 368 g/mol. The summed E-state index contributed by atoms with van der Waals surface area (Å²) in [4.78, 5) is 16.7. The highest BCUT2D eigenvalue weighted by molar-refractivity contribution is 5.94. The molecule has 0 aromatic heterocycles. The predicted octanol–water partition coefficient (Wildman–Crippen LogP) is 3.19. The first-order valence-electron chi connectivity index (χ1n) is 9.78. The first-order chi connectivity index (χ1) is 13.9. The molecule has 0 radical (unpaired) electrons. The zero-order chi connectivity index (χ0) is 20.9. The van der Waals surface area contributed by atoms with Crippen LogP contribution in [0.1, 0.15) is 38.8 Å². The van der Waals surface area contributed by atoms with Crippen molar-refractivity contribution in [2.45, 2.75) is 38.8 Å². The number of guanidine groups is 1. The van der Waals surface area contributed by atoms with Gasteiger partial charge in [0.1, 0.15) is 23.6 Å². The number of phenolic OH excluding ortho intramolecular Hbond substituents is 1. The molecule has 1 amide bonds. The summed E-state index contributed by atoms with van der Waals surface area (Å²) >= 11 is 0. The van der Waals surface area contributed by atoms with Crippen molar-refractivity contribution in [1.29, 1.82) is 0 Å². The van der Waals surface area contributed by atoms with E-state index in [0.29, 0.717) is 18.2 Å². The lowest BCUT2D eigenvalue weighted by atomic mass is 9.90. The monoisotopic (exact) mass is 396 g/mol. The average Bonchev–Trinajstić information content (AvgIpc) is 2.67. The van der Waals surface area contributed by atoms with Crippen LogP contribution < -0.4 is 20.7 Å². The molecule has 0 fully saturated rings. The fourth-order valence-corrected chi connectivity index (χ4v) is 3.31. The quantitative estimate of drug-likeness (QED) is 0.354. The Morgan fingerprint density at radius 3 is 2.66 bits per heavy atom. The number of ether oxygens (including phenoxy) is 1. The molecule has 154 valence electrons. The van der Waals surface area contributed by atoms with Gasteiger partial charge in [-0.15, -0.1) is 0 Å². The number of nitrogens with one attached hydrogen (secondary N) is 3. The smallest absolute Gasteiger partial charge is 0.246 e. The van der Waals surface area contributed by atoms with E-state index < -0.39 is 0 Å². The lowest BCUT2D eigenvalue weighted by molar-refractivity contribution is -0.114. The summed E-state index contributed by atoms with van der Waals surface area (Å²) in [6, 6.07) is 14.3. The van der Waals surface area contributed by atoms with Crippen molar-refractivity contribution in [3.63, 3.8) is 0 Å². The summed E-state index contributed by atoms with van der Waals surface area (Å²) in [7, 11) is 0. The number of aliphatic imine (C=N–C) groups is 1. The van der Waals surface area contributed by atoms with E-state index in [0.717, 1.165) is 17.7 Å².